The van der Waals surface area contributed by atoms with E-state index >= 15 is 0 Å². The molecule has 3 nitrogen and oxygen atoms in total. The van der Waals surface area contributed by atoms with Crippen LogP contribution in [0, 0.1) is 34.0 Å². The molecule has 3 aromatic carbocycles. The maximum Gasteiger partial charge on any atom is 0.0998 e. The van der Waals surface area contributed by atoms with Gasteiger partial charge in [-0.1, -0.05) is 54.6 Å². The highest BCUT2D eigenvalue weighted by Gasteiger charge is 2.24. The number of hydrogen-bond donors (Lipinski definition) is 0. The van der Waals surface area contributed by atoms with Gasteiger partial charge in [-0.05, 0) is 26.1 Å². The summed E-state index contributed by atoms with van der Waals surface area (Å²) in [6.07, 6.45) is 0. The van der Waals surface area contributed by atoms with E-state index in [-0.39, 0.29) is 0 Å². The van der Waals surface area contributed by atoms with Crippen molar-refractivity contribution in [1.29, 1.82) is 15.8 Å². The largest absolute Gasteiger partial charge is 0.192 e. The number of nitrogens with zero attached hydrogens (tertiary/aromatic N) is 3. The molecular weight excluding hydrogens is 325 g/mol. The van der Waals surface area contributed by atoms with Crippen molar-refractivity contribution < 1.29 is 0 Å². The second kappa shape index (κ2) is 7.42. The lowest BCUT2D eigenvalue weighted by atomic mass is 10.2. The smallest absolute Gasteiger partial charge is 0.0998 e. The minimum absolute atomic E-state index is 0.564. The van der Waals surface area contributed by atoms with Crippen LogP contribution in [0.5, 0.6) is 0 Å². The van der Waals surface area contributed by atoms with Gasteiger partial charge in [0.05, 0.1) is 34.9 Å². The number of benzene rings is 3. The summed E-state index contributed by atoms with van der Waals surface area (Å²) in [5, 5.41) is 31.2. The third-order valence-electron chi connectivity index (χ3n) is 3.80. The van der Waals surface area contributed by atoms with Crippen LogP contribution in [0.1, 0.15) is 16.7 Å². The molecule has 0 saturated heterocycles. The van der Waals surface area contributed by atoms with Gasteiger partial charge >= 0.3 is 0 Å². The lowest BCUT2D eigenvalue weighted by molar-refractivity contribution is 1.49. The van der Waals surface area contributed by atoms with Crippen LogP contribution in [0.4, 0.5) is 0 Å². The van der Waals surface area contributed by atoms with E-state index in [1.54, 1.807) is 18.2 Å². The molecule has 0 spiro atoms. The highest BCUT2D eigenvalue weighted by Crippen LogP contribution is 2.36. The van der Waals surface area contributed by atoms with E-state index < -0.39 is 7.92 Å². The van der Waals surface area contributed by atoms with E-state index in [0.29, 0.717) is 16.7 Å². The molecule has 0 saturated carbocycles. The first kappa shape index (κ1) is 16.4. The third kappa shape index (κ3) is 3.13. The summed E-state index contributed by atoms with van der Waals surface area (Å²) in [5.74, 6) is 0. The molecule has 0 fully saturated rings. The maximum atomic E-state index is 9.54. The molecule has 0 amide bonds. The van der Waals surface area contributed by atoms with Crippen LogP contribution in [0.2, 0.25) is 0 Å². The first-order valence-corrected chi connectivity index (χ1v) is 8.92. The highest BCUT2D eigenvalue weighted by atomic mass is 31.1. The summed E-state index contributed by atoms with van der Waals surface area (Å²) >= 11 is 0. The van der Waals surface area contributed by atoms with Crippen molar-refractivity contribution >= 4 is 23.8 Å². The summed E-state index contributed by atoms with van der Waals surface area (Å²) in [4.78, 5) is 0. The third-order valence-corrected chi connectivity index (χ3v) is 6.41. The molecule has 0 aliphatic heterocycles. The van der Waals surface area contributed by atoms with E-state index in [0.717, 1.165) is 15.9 Å². The van der Waals surface area contributed by atoms with Gasteiger partial charge < -0.3 is 0 Å². The first-order chi connectivity index (χ1) is 12.3. The Bertz CT molecular complexity index is 915. The van der Waals surface area contributed by atoms with Gasteiger partial charge in [0.2, 0.25) is 0 Å². The highest BCUT2D eigenvalue weighted by molar-refractivity contribution is 7.80. The van der Waals surface area contributed by atoms with Crippen LogP contribution in [0.3, 0.4) is 0 Å². The van der Waals surface area contributed by atoms with Gasteiger partial charge in [-0.3, -0.25) is 0 Å². The lowest BCUT2D eigenvalue weighted by Gasteiger charge is -2.22. The van der Waals surface area contributed by atoms with Crippen LogP contribution in [0.15, 0.2) is 72.8 Å². The Kier molecular flexibility index (Phi) is 4.87. The molecule has 3 rings (SSSR count). The molecule has 3 aromatic rings. The lowest BCUT2D eigenvalue weighted by Crippen LogP contribution is -2.26. The quantitative estimate of drug-likeness (QED) is 0.690. The predicted octanol–water partition coefficient (Wildman–Crippen LogP) is 3.06. The van der Waals surface area contributed by atoms with Crippen molar-refractivity contribution in [2.45, 2.75) is 0 Å². The second-order valence-electron chi connectivity index (χ2n) is 5.22. The molecule has 0 aliphatic carbocycles. The zero-order valence-electron chi connectivity index (χ0n) is 13.2. The fourth-order valence-electron chi connectivity index (χ4n) is 2.68. The molecule has 0 radical (unpaired) electrons. The van der Waals surface area contributed by atoms with Crippen molar-refractivity contribution in [2.75, 3.05) is 0 Å². The molecule has 25 heavy (non-hydrogen) atoms. The summed E-state index contributed by atoms with van der Waals surface area (Å²) in [6.45, 7) is 0. The fraction of sp³-hybridized carbons (Fsp3) is 0. The first-order valence-electron chi connectivity index (χ1n) is 7.57. The SMILES string of the molecule is N#Cc1ccccc1P(c1ccccc1C#N)c1ccccc1C#N. The Balaban J connectivity index is 2.36. The van der Waals surface area contributed by atoms with Gasteiger partial charge in [-0.25, -0.2) is 0 Å². The van der Waals surface area contributed by atoms with E-state index in [2.05, 4.69) is 18.2 Å². The van der Waals surface area contributed by atoms with Crippen molar-refractivity contribution in [2.24, 2.45) is 0 Å². The van der Waals surface area contributed by atoms with Crippen LogP contribution < -0.4 is 15.9 Å². The zero-order chi connectivity index (χ0) is 17.6. The zero-order valence-corrected chi connectivity index (χ0v) is 14.1. The maximum absolute atomic E-state index is 9.54. The summed E-state index contributed by atoms with van der Waals surface area (Å²) in [5.41, 5.74) is 1.69. The number of rotatable bonds is 3. The van der Waals surface area contributed by atoms with Crippen molar-refractivity contribution in [1.82, 2.24) is 0 Å². The molecular formula is C21H12N3P. The van der Waals surface area contributed by atoms with Gasteiger partial charge in [0.15, 0.2) is 0 Å². The summed E-state index contributed by atoms with van der Waals surface area (Å²) in [6, 6.07) is 28.9. The minimum atomic E-state index is -1.19. The Morgan fingerprint density at radius 1 is 0.480 bits per heavy atom. The Hall–Kier alpha value is -3.44. The normalized spacial score (nSPS) is 9.84. The van der Waals surface area contributed by atoms with E-state index in [9.17, 15) is 15.8 Å². The molecule has 0 heterocycles. The van der Waals surface area contributed by atoms with Crippen molar-refractivity contribution in [3.63, 3.8) is 0 Å². The average molecular weight is 337 g/mol. The fourth-order valence-corrected chi connectivity index (χ4v) is 5.26. The van der Waals surface area contributed by atoms with E-state index in [1.165, 1.54) is 0 Å². The number of nitriles is 3. The van der Waals surface area contributed by atoms with E-state index in [1.807, 2.05) is 54.6 Å². The molecule has 0 N–H and O–H groups in total. The molecule has 4 heteroatoms. The Morgan fingerprint density at radius 2 is 0.760 bits per heavy atom. The van der Waals surface area contributed by atoms with Gasteiger partial charge in [0.1, 0.15) is 0 Å². The van der Waals surface area contributed by atoms with Gasteiger partial charge in [0.25, 0.3) is 0 Å². The Labute approximate surface area is 147 Å². The monoisotopic (exact) mass is 337 g/mol. The molecule has 116 valence electrons. The summed E-state index contributed by atoms with van der Waals surface area (Å²) in [7, 11) is -1.19. The minimum Gasteiger partial charge on any atom is -0.192 e. The average Bonchev–Trinajstić information content (AvgIpc) is 2.69. The topological polar surface area (TPSA) is 71.4 Å². The molecule has 0 atom stereocenters. The van der Waals surface area contributed by atoms with Crippen molar-refractivity contribution in [3.8, 4) is 18.2 Å². The van der Waals surface area contributed by atoms with Crippen LogP contribution in [-0.4, -0.2) is 0 Å². The second-order valence-corrected chi connectivity index (χ2v) is 7.34. The Morgan fingerprint density at radius 3 is 1.04 bits per heavy atom. The van der Waals surface area contributed by atoms with Crippen LogP contribution in [0.25, 0.3) is 0 Å². The van der Waals surface area contributed by atoms with Crippen LogP contribution in [-0.2, 0) is 0 Å². The molecule has 0 aromatic heterocycles. The van der Waals surface area contributed by atoms with Gasteiger partial charge in [0, 0.05) is 15.9 Å². The molecule has 0 unspecified atom stereocenters. The van der Waals surface area contributed by atoms with E-state index in [4.69, 9.17) is 0 Å². The number of hydrogen-bond acceptors (Lipinski definition) is 3. The van der Waals surface area contributed by atoms with Crippen LogP contribution >= 0.6 is 7.92 Å². The standard InChI is InChI=1S/C21H12N3P/c22-13-16-7-1-4-10-19(16)25(20-11-5-2-8-17(20)14-23)21-12-6-3-9-18(21)15-24/h1-12H. The van der Waals surface area contributed by atoms with Gasteiger partial charge in [-0.2, -0.15) is 15.8 Å². The summed E-state index contributed by atoms with van der Waals surface area (Å²) < 4.78 is 0. The predicted molar refractivity (Wildman–Crippen MR) is 99.3 cm³/mol. The molecule has 0 aliphatic rings. The molecule has 0 bridgehead atoms. The van der Waals surface area contributed by atoms with Gasteiger partial charge in [-0.15, -0.1) is 0 Å². The van der Waals surface area contributed by atoms with Crippen molar-refractivity contribution in [3.05, 3.63) is 89.5 Å².